The summed E-state index contributed by atoms with van der Waals surface area (Å²) in [7, 11) is 1.58. The lowest BCUT2D eigenvalue weighted by molar-refractivity contribution is -0.140. The normalized spacial score (nSPS) is 21.2. The van der Waals surface area contributed by atoms with Crippen LogP contribution in [-0.2, 0) is 9.59 Å². The molecule has 0 bridgehead atoms. The first-order valence-electron chi connectivity index (χ1n) is 6.82. The quantitative estimate of drug-likeness (QED) is 0.791. The largest absolute Gasteiger partial charge is 0.497 e. The van der Waals surface area contributed by atoms with Crippen LogP contribution in [0.25, 0.3) is 0 Å². The van der Waals surface area contributed by atoms with Crippen LogP contribution < -0.4 is 14.8 Å². The maximum Gasteiger partial charge on any atom is 0.307 e. The monoisotopic (exact) mass is 293 g/mol. The molecule has 1 fully saturated rings. The van der Waals surface area contributed by atoms with Crippen molar-refractivity contribution in [3.8, 4) is 11.5 Å². The topological polar surface area (TPSA) is 84.9 Å². The summed E-state index contributed by atoms with van der Waals surface area (Å²) in [5, 5.41) is 11.5. The Labute approximate surface area is 123 Å². The van der Waals surface area contributed by atoms with Gasteiger partial charge in [-0.1, -0.05) is 6.07 Å². The van der Waals surface area contributed by atoms with Crippen LogP contribution in [0.15, 0.2) is 24.3 Å². The molecule has 0 radical (unpaired) electrons. The number of hydrogen-bond donors (Lipinski definition) is 2. The number of benzene rings is 1. The van der Waals surface area contributed by atoms with E-state index in [0.717, 1.165) is 0 Å². The van der Waals surface area contributed by atoms with Crippen molar-refractivity contribution in [3.05, 3.63) is 24.3 Å². The lowest BCUT2D eigenvalue weighted by Crippen LogP contribution is -2.35. The molecule has 6 heteroatoms. The molecule has 0 spiro atoms. The van der Waals surface area contributed by atoms with Gasteiger partial charge in [0.1, 0.15) is 17.6 Å². The summed E-state index contributed by atoms with van der Waals surface area (Å²) in [6.45, 7) is 2.17. The smallest absolute Gasteiger partial charge is 0.307 e. The Morgan fingerprint density at radius 1 is 1.38 bits per heavy atom. The molecule has 3 atom stereocenters. The second-order valence-corrected chi connectivity index (χ2v) is 5.14. The Kier molecular flexibility index (Phi) is 4.67. The molecule has 1 aliphatic carbocycles. The molecule has 1 aromatic carbocycles. The fourth-order valence-electron chi connectivity index (χ4n) is 2.08. The minimum atomic E-state index is -0.907. The van der Waals surface area contributed by atoms with Gasteiger partial charge in [-0.3, -0.25) is 9.59 Å². The van der Waals surface area contributed by atoms with Crippen molar-refractivity contribution >= 4 is 11.9 Å². The Bertz CT molecular complexity index is 531. The number of carboxylic acid groups (broad SMARTS) is 1. The van der Waals surface area contributed by atoms with E-state index in [9.17, 15) is 9.59 Å². The number of carbonyl (C=O) groups excluding carboxylic acids is 1. The van der Waals surface area contributed by atoms with Crippen molar-refractivity contribution in [3.63, 3.8) is 0 Å². The maximum absolute atomic E-state index is 11.7. The first kappa shape index (κ1) is 15.2. The highest BCUT2D eigenvalue weighted by molar-refractivity contribution is 5.89. The van der Waals surface area contributed by atoms with Gasteiger partial charge in [0.25, 0.3) is 0 Å². The van der Waals surface area contributed by atoms with Crippen LogP contribution in [0.3, 0.4) is 0 Å². The van der Waals surface area contributed by atoms with E-state index in [-0.39, 0.29) is 12.0 Å². The number of methoxy groups -OCH3 is 1. The standard InChI is InChI=1S/C15H19NO5/c1-9(21-11-5-3-4-10(6-11)20-2)8-16-14(17)12-7-13(12)15(18)19/h3-6,9,12-13H,7-8H2,1-2H3,(H,16,17)(H,18,19)/t9-,12-,13+/m1/s1. The summed E-state index contributed by atoms with van der Waals surface area (Å²) >= 11 is 0. The third-order valence-electron chi connectivity index (χ3n) is 3.39. The maximum atomic E-state index is 11.7. The molecule has 0 saturated heterocycles. The van der Waals surface area contributed by atoms with E-state index in [1.807, 2.05) is 25.1 Å². The molecule has 0 unspecified atom stereocenters. The summed E-state index contributed by atoms with van der Waals surface area (Å²) < 4.78 is 10.8. The third-order valence-corrected chi connectivity index (χ3v) is 3.39. The lowest BCUT2D eigenvalue weighted by Gasteiger charge is -2.16. The van der Waals surface area contributed by atoms with Gasteiger partial charge in [-0.25, -0.2) is 0 Å². The highest BCUT2D eigenvalue weighted by Crippen LogP contribution is 2.38. The van der Waals surface area contributed by atoms with E-state index in [0.29, 0.717) is 24.5 Å². The van der Waals surface area contributed by atoms with Gasteiger partial charge in [-0.05, 0) is 25.5 Å². The molecule has 1 saturated carbocycles. The van der Waals surface area contributed by atoms with Crippen molar-refractivity contribution in [2.45, 2.75) is 19.4 Å². The predicted octanol–water partition coefficient (Wildman–Crippen LogP) is 1.30. The average Bonchev–Trinajstić information content (AvgIpc) is 3.25. The highest BCUT2D eigenvalue weighted by Gasteiger charge is 2.48. The van der Waals surface area contributed by atoms with Crippen molar-refractivity contribution in [1.82, 2.24) is 5.32 Å². The van der Waals surface area contributed by atoms with Gasteiger partial charge in [0.2, 0.25) is 5.91 Å². The average molecular weight is 293 g/mol. The highest BCUT2D eigenvalue weighted by atomic mass is 16.5. The Morgan fingerprint density at radius 2 is 2.10 bits per heavy atom. The van der Waals surface area contributed by atoms with Crippen LogP contribution in [0, 0.1) is 11.8 Å². The van der Waals surface area contributed by atoms with Crippen LogP contribution in [0.2, 0.25) is 0 Å². The van der Waals surface area contributed by atoms with Crippen molar-refractivity contribution < 1.29 is 24.2 Å². The molecule has 0 aliphatic heterocycles. The first-order chi connectivity index (χ1) is 10.0. The molecule has 0 heterocycles. The lowest BCUT2D eigenvalue weighted by atomic mass is 10.3. The molecule has 1 amide bonds. The van der Waals surface area contributed by atoms with Gasteiger partial charge >= 0.3 is 5.97 Å². The van der Waals surface area contributed by atoms with Gasteiger partial charge in [0.15, 0.2) is 0 Å². The zero-order valence-corrected chi connectivity index (χ0v) is 12.0. The summed E-state index contributed by atoms with van der Waals surface area (Å²) in [4.78, 5) is 22.4. The van der Waals surface area contributed by atoms with E-state index < -0.39 is 17.8 Å². The number of nitrogens with one attached hydrogen (secondary N) is 1. The van der Waals surface area contributed by atoms with E-state index >= 15 is 0 Å². The van der Waals surface area contributed by atoms with Gasteiger partial charge in [-0.15, -0.1) is 0 Å². The summed E-state index contributed by atoms with van der Waals surface area (Å²) in [6, 6.07) is 7.21. The van der Waals surface area contributed by atoms with Crippen molar-refractivity contribution in [2.75, 3.05) is 13.7 Å². The van der Waals surface area contributed by atoms with E-state index in [1.54, 1.807) is 13.2 Å². The SMILES string of the molecule is COc1cccc(O[C@H](C)CNC(=O)[C@@H]2C[C@@H]2C(=O)O)c1. The molecule has 1 aromatic rings. The Morgan fingerprint density at radius 3 is 2.71 bits per heavy atom. The molecule has 2 rings (SSSR count). The van der Waals surface area contributed by atoms with Gasteiger partial charge in [0.05, 0.1) is 25.5 Å². The van der Waals surface area contributed by atoms with Crippen LogP contribution in [0.4, 0.5) is 0 Å². The number of rotatable bonds is 7. The van der Waals surface area contributed by atoms with E-state index in [1.165, 1.54) is 0 Å². The Hall–Kier alpha value is -2.24. The van der Waals surface area contributed by atoms with Crippen LogP contribution >= 0.6 is 0 Å². The molecule has 2 N–H and O–H groups in total. The van der Waals surface area contributed by atoms with Crippen LogP contribution in [0.5, 0.6) is 11.5 Å². The van der Waals surface area contributed by atoms with Gasteiger partial charge < -0.3 is 19.9 Å². The molecular weight excluding hydrogens is 274 g/mol. The third kappa shape index (κ3) is 4.11. The predicted molar refractivity (Wildman–Crippen MR) is 75.3 cm³/mol. The van der Waals surface area contributed by atoms with Crippen molar-refractivity contribution in [1.29, 1.82) is 0 Å². The number of amides is 1. The van der Waals surface area contributed by atoms with Gasteiger partial charge in [0, 0.05) is 6.07 Å². The minimum absolute atomic E-state index is 0.219. The fraction of sp³-hybridized carbons (Fsp3) is 0.467. The first-order valence-corrected chi connectivity index (χ1v) is 6.82. The number of hydrogen-bond acceptors (Lipinski definition) is 4. The second kappa shape index (κ2) is 6.47. The zero-order chi connectivity index (χ0) is 15.4. The number of ether oxygens (including phenoxy) is 2. The summed E-state index contributed by atoms with van der Waals surface area (Å²) in [6.07, 6.45) is 0.204. The Balaban J connectivity index is 1.76. The number of carboxylic acids is 1. The van der Waals surface area contributed by atoms with Crippen molar-refractivity contribution in [2.24, 2.45) is 11.8 Å². The molecular formula is C15H19NO5. The van der Waals surface area contributed by atoms with E-state index in [4.69, 9.17) is 14.6 Å². The van der Waals surface area contributed by atoms with Crippen LogP contribution in [-0.4, -0.2) is 36.7 Å². The summed E-state index contributed by atoms with van der Waals surface area (Å²) in [5.41, 5.74) is 0. The molecule has 1 aliphatic rings. The second-order valence-electron chi connectivity index (χ2n) is 5.14. The zero-order valence-electron chi connectivity index (χ0n) is 12.0. The minimum Gasteiger partial charge on any atom is -0.497 e. The number of aliphatic carboxylic acids is 1. The molecule has 21 heavy (non-hydrogen) atoms. The fourth-order valence-corrected chi connectivity index (χ4v) is 2.08. The van der Waals surface area contributed by atoms with E-state index in [2.05, 4.69) is 5.32 Å². The number of carbonyl (C=O) groups is 2. The summed E-state index contributed by atoms with van der Waals surface area (Å²) in [5.74, 6) is -0.692. The molecule has 0 aromatic heterocycles. The molecule has 114 valence electrons. The van der Waals surface area contributed by atoms with Crippen LogP contribution in [0.1, 0.15) is 13.3 Å². The van der Waals surface area contributed by atoms with Gasteiger partial charge in [-0.2, -0.15) is 0 Å². The molecule has 6 nitrogen and oxygen atoms in total.